The first-order valence-corrected chi connectivity index (χ1v) is 12.7. The SMILES string of the molecule is CNC(=O)c1cc(Cl)c(F)cc1NC(=O)C1(c2ccccc2C(C)C)CN(c2ncc(C(=O)OC)s2)C1. The minimum Gasteiger partial charge on any atom is -0.465 e. The van der Waals surface area contributed by atoms with Gasteiger partial charge in [-0.2, -0.15) is 0 Å². The summed E-state index contributed by atoms with van der Waals surface area (Å²) in [5.74, 6) is -2.01. The molecule has 1 aromatic heterocycles. The smallest absolute Gasteiger partial charge is 0.349 e. The Balaban J connectivity index is 1.73. The van der Waals surface area contributed by atoms with Gasteiger partial charge in [0.15, 0.2) is 5.13 Å². The van der Waals surface area contributed by atoms with Crippen LogP contribution in [0.4, 0.5) is 15.2 Å². The fourth-order valence-corrected chi connectivity index (χ4v) is 5.43. The summed E-state index contributed by atoms with van der Waals surface area (Å²) in [5.41, 5.74) is 0.884. The highest BCUT2D eigenvalue weighted by Gasteiger charge is 2.52. The van der Waals surface area contributed by atoms with Crippen LogP contribution in [0.1, 0.15) is 50.9 Å². The van der Waals surface area contributed by atoms with Crippen molar-refractivity contribution in [2.75, 3.05) is 37.5 Å². The third-order valence-electron chi connectivity index (χ3n) is 6.39. The molecular formula is C26H26ClFN4O4S. The molecule has 194 valence electrons. The maximum Gasteiger partial charge on any atom is 0.349 e. The molecule has 1 aliphatic heterocycles. The maximum absolute atomic E-state index is 14.4. The zero-order valence-corrected chi connectivity index (χ0v) is 22.3. The number of nitrogens with zero attached hydrogens (tertiary/aromatic N) is 2. The average molecular weight is 545 g/mol. The number of amides is 2. The third kappa shape index (κ3) is 4.91. The number of hydrogen-bond acceptors (Lipinski definition) is 7. The Bertz CT molecular complexity index is 1370. The van der Waals surface area contributed by atoms with Gasteiger partial charge in [-0.3, -0.25) is 9.59 Å². The largest absolute Gasteiger partial charge is 0.465 e. The molecule has 0 spiro atoms. The van der Waals surface area contributed by atoms with E-state index in [1.807, 2.05) is 43.0 Å². The molecular weight excluding hydrogens is 519 g/mol. The molecule has 0 saturated carbocycles. The second-order valence-corrected chi connectivity index (χ2v) is 10.4. The second kappa shape index (κ2) is 10.5. The Labute approximate surface area is 222 Å². The molecule has 4 rings (SSSR count). The summed E-state index contributed by atoms with van der Waals surface area (Å²) in [6.07, 6.45) is 1.44. The summed E-state index contributed by atoms with van der Waals surface area (Å²) in [5, 5.41) is 5.63. The quantitative estimate of drug-likeness (QED) is 0.422. The minimum absolute atomic E-state index is 0.0216. The summed E-state index contributed by atoms with van der Waals surface area (Å²) in [7, 11) is 2.74. The molecule has 2 aromatic carbocycles. The van der Waals surface area contributed by atoms with Crippen molar-refractivity contribution in [1.29, 1.82) is 0 Å². The maximum atomic E-state index is 14.4. The Morgan fingerprint density at radius 3 is 2.57 bits per heavy atom. The normalized spacial score (nSPS) is 14.2. The van der Waals surface area contributed by atoms with Crippen LogP contribution in [0, 0.1) is 5.82 Å². The highest BCUT2D eigenvalue weighted by molar-refractivity contribution is 7.17. The van der Waals surface area contributed by atoms with E-state index >= 15 is 0 Å². The fourth-order valence-electron chi connectivity index (χ4n) is 4.43. The van der Waals surface area contributed by atoms with E-state index in [4.69, 9.17) is 16.3 Å². The van der Waals surface area contributed by atoms with Crippen LogP contribution in [0.2, 0.25) is 5.02 Å². The van der Waals surface area contributed by atoms with E-state index in [9.17, 15) is 18.8 Å². The van der Waals surface area contributed by atoms with E-state index in [2.05, 4.69) is 15.6 Å². The highest BCUT2D eigenvalue weighted by atomic mass is 35.5. The summed E-state index contributed by atoms with van der Waals surface area (Å²) in [4.78, 5) is 44.9. The van der Waals surface area contributed by atoms with Crippen LogP contribution in [0.25, 0.3) is 0 Å². The second-order valence-electron chi connectivity index (χ2n) is 9.02. The number of carbonyl (C=O) groups is 3. The zero-order chi connectivity index (χ0) is 26.9. The number of benzene rings is 2. The lowest BCUT2D eigenvalue weighted by molar-refractivity contribution is -0.122. The van der Waals surface area contributed by atoms with E-state index < -0.39 is 29.0 Å². The van der Waals surface area contributed by atoms with Crippen molar-refractivity contribution >= 4 is 51.5 Å². The molecule has 0 atom stereocenters. The van der Waals surface area contributed by atoms with Crippen molar-refractivity contribution in [3.8, 4) is 0 Å². The number of thiazole rings is 1. The van der Waals surface area contributed by atoms with E-state index in [0.29, 0.717) is 10.0 Å². The van der Waals surface area contributed by atoms with Crippen LogP contribution in [-0.2, 0) is 14.9 Å². The molecule has 37 heavy (non-hydrogen) atoms. The first kappa shape index (κ1) is 26.6. The van der Waals surface area contributed by atoms with Gasteiger partial charge in [-0.15, -0.1) is 0 Å². The Kier molecular flexibility index (Phi) is 7.52. The molecule has 0 bridgehead atoms. The van der Waals surface area contributed by atoms with Gasteiger partial charge in [0.05, 0.1) is 29.6 Å². The van der Waals surface area contributed by atoms with Gasteiger partial charge in [0, 0.05) is 20.1 Å². The number of hydrogen-bond donors (Lipinski definition) is 2. The number of anilines is 2. The van der Waals surface area contributed by atoms with Crippen molar-refractivity contribution in [3.05, 3.63) is 75.0 Å². The molecule has 11 heteroatoms. The molecule has 1 saturated heterocycles. The summed E-state index contributed by atoms with van der Waals surface area (Å²) < 4.78 is 19.1. The number of aromatic nitrogens is 1. The topological polar surface area (TPSA) is 101 Å². The lowest BCUT2D eigenvalue weighted by Crippen LogP contribution is -2.65. The van der Waals surface area contributed by atoms with Gasteiger partial charge in [-0.05, 0) is 29.2 Å². The first-order chi connectivity index (χ1) is 17.6. The van der Waals surface area contributed by atoms with E-state index in [1.165, 1.54) is 37.8 Å². The molecule has 2 amide bonds. The van der Waals surface area contributed by atoms with Crippen LogP contribution >= 0.6 is 22.9 Å². The van der Waals surface area contributed by atoms with Crippen molar-refractivity contribution in [3.63, 3.8) is 0 Å². The van der Waals surface area contributed by atoms with Gasteiger partial charge in [0.25, 0.3) is 5.91 Å². The number of nitrogens with one attached hydrogen (secondary N) is 2. The van der Waals surface area contributed by atoms with E-state index in [-0.39, 0.29) is 35.3 Å². The standard InChI is InChI=1S/C26H26ClFN4O4S/c1-14(2)15-7-5-6-8-17(15)26(12-32(13-26)25-30-11-21(37-25)23(34)36-4)24(35)31-20-10-19(28)18(27)9-16(20)22(33)29-3/h5-11,14H,12-13H2,1-4H3,(H,29,33)(H,31,35). The predicted octanol–water partition coefficient (Wildman–Crippen LogP) is 4.60. The summed E-state index contributed by atoms with van der Waals surface area (Å²) in [6.45, 7) is 4.62. The van der Waals surface area contributed by atoms with Crippen LogP contribution in [0.15, 0.2) is 42.6 Å². The lowest BCUT2D eigenvalue weighted by atomic mass is 9.70. The van der Waals surface area contributed by atoms with E-state index in [0.717, 1.165) is 17.2 Å². The van der Waals surface area contributed by atoms with Crippen LogP contribution in [0.3, 0.4) is 0 Å². The molecule has 1 fully saturated rings. The zero-order valence-electron chi connectivity index (χ0n) is 20.7. The predicted molar refractivity (Wildman–Crippen MR) is 141 cm³/mol. The van der Waals surface area contributed by atoms with Crippen molar-refractivity contribution in [2.24, 2.45) is 0 Å². The number of methoxy groups -OCH3 is 1. The fraction of sp³-hybridized carbons (Fsp3) is 0.308. The third-order valence-corrected chi connectivity index (χ3v) is 7.71. The van der Waals surface area contributed by atoms with Gasteiger partial charge in [0.1, 0.15) is 16.1 Å². The molecule has 0 aliphatic carbocycles. The summed E-state index contributed by atoms with van der Waals surface area (Å²) in [6, 6.07) is 9.92. The van der Waals surface area contributed by atoms with Crippen LogP contribution in [-0.4, -0.2) is 50.0 Å². The van der Waals surface area contributed by atoms with Gasteiger partial charge >= 0.3 is 5.97 Å². The Hall–Kier alpha value is -3.50. The minimum atomic E-state index is -1.02. The lowest BCUT2D eigenvalue weighted by Gasteiger charge is -2.50. The first-order valence-electron chi connectivity index (χ1n) is 11.5. The van der Waals surface area contributed by atoms with Gasteiger partial charge in [-0.25, -0.2) is 14.2 Å². The van der Waals surface area contributed by atoms with Crippen LogP contribution in [0.5, 0.6) is 0 Å². The van der Waals surface area contributed by atoms with Gasteiger partial charge in [0.2, 0.25) is 5.91 Å². The molecule has 3 aromatic rings. The number of ether oxygens (including phenoxy) is 1. The monoisotopic (exact) mass is 544 g/mol. The van der Waals surface area contributed by atoms with Gasteiger partial charge < -0.3 is 20.3 Å². The van der Waals surface area contributed by atoms with Crippen molar-refractivity contribution in [2.45, 2.75) is 25.2 Å². The molecule has 2 heterocycles. The molecule has 8 nitrogen and oxygen atoms in total. The van der Waals surface area contributed by atoms with Crippen molar-refractivity contribution < 1.29 is 23.5 Å². The number of carbonyl (C=O) groups excluding carboxylic acids is 3. The molecule has 1 aliphatic rings. The molecule has 0 radical (unpaired) electrons. The number of esters is 1. The molecule has 0 unspecified atom stereocenters. The Morgan fingerprint density at radius 2 is 1.92 bits per heavy atom. The molecule has 2 N–H and O–H groups in total. The number of rotatable bonds is 7. The Morgan fingerprint density at radius 1 is 1.22 bits per heavy atom. The average Bonchev–Trinajstić information content (AvgIpc) is 3.34. The summed E-state index contributed by atoms with van der Waals surface area (Å²) >= 11 is 7.09. The van der Waals surface area contributed by atoms with E-state index in [1.54, 1.807) is 0 Å². The van der Waals surface area contributed by atoms with Crippen LogP contribution < -0.4 is 15.5 Å². The number of halogens is 2. The highest BCUT2D eigenvalue weighted by Crippen LogP contribution is 2.43. The van der Waals surface area contributed by atoms with Crippen molar-refractivity contribution in [1.82, 2.24) is 10.3 Å². The van der Waals surface area contributed by atoms with Gasteiger partial charge in [-0.1, -0.05) is 61.1 Å².